The number of aryl methyl sites for hydroxylation is 2. The number of aliphatic hydroxyl groups is 6. The van der Waals surface area contributed by atoms with Gasteiger partial charge in [0, 0.05) is 31.1 Å². The number of hydrogen-bond acceptors (Lipinski definition) is 12. The highest BCUT2D eigenvalue weighted by Crippen LogP contribution is 2.37. The minimum Gasteiger partial charge on any atom is -0.481 e. The molecule has 0 aliphatic carbocycles. The largest absolute Gasteiger partial charge is 0.481 e. The van der Waals surface area contributed by atoms with E-state index in [1.807, 2.05) is 68.4 Å². The Bertz CT molecular complexity index is 2040. The molecule has 2 saturated heterocycles. The third-order valence-electron chi connectivity index (χ3n) is 10.8. The molecule has 2 aliphatic rings. The summed E-state index contributed by atoms with van der Waals surface area (Å²) in [6.07, 6.45) is -2.36. The maximum absolute atomic E-state index is 11.5. The van der Waals surface area contributed by atoms with Crippen LogP contribution in [0.3, 0.4) is 0 Å². The Balaban J connectivity index is 0.00000212. The molecule has 2 aliphatic heterocycles. The molecule has 0 bridgehead atoms. The summed E-state index contributed by atoms with van der Waals surface area (Å²) in [4.78, 5) is 22.9. The lowest BCUT2D eigenvalue weighted by molar-refractivity contribution is -0.240. The fraction of sp³-hybridized carbons (Fsp3) is 0.469. The van der Waals surface area contributed by atoms with Gasteiger partial charge in [0.15, 0.2) is 0 Å². The molecule has 0 aromatic heterocycles. The van der Waals surface area contributed by atoms with E-state index in [0.717, 1.165) is 73.5 Å². The highest BCUT2D eigenvalue weighted by Gasteiger charge is 2.38. The molecule has 0 saturated carbocycles. The van der Waals surface area contributed by atoms with E-state index in [0.29, 0.717) is 28.2 Å². The van der Waals surface area contributed by atoms with Gasteiger partial charge in [-0.2, -0.15) is 0 Å². The monoisotopic (exact) mass is 876 g/mol. The van der Waals surface area contributed by atoms with E-state index >= 15 is 0 Å². The smallest absolute Gasteiger partial charge is 0.307 e. The molecule has 2 fully saturated rings. The zero-order chi connectivity index (χ0) is 46.1. The Morgan fingerprint density at radius 1 is 0.587 bits per heavy atom. The number of carboxylic acids is 2. The van der Waals surface area contributed by atoms with Crippen LogP contribution in [0, 0.1) is 0 Å². The van der Waals surface area contributed by atoms with Crippen LogP contribution in [0.4, 0.5) is 0 Å². The second-order valence-corrected chi connectivity index (χ2v) is 15.5. The summed E-state index contributed by atoms with van der Waals surface area (Å²) in [6, 6.07) is 26.1. The minimum absolute atomic E-state index is 0.0204. The molecule has 14 heteroatoms. The lowest BCUT2D eigenvalue weighted by Crippen LogP contribution is -2.51. The number of carboxylic acid groups (broad SMARTS) is 2. The number of aliphatic carboxylic acids is 2. The van der Waals surface area contributed by atoms with Crippen LogP contribution in [0.25, 0.3) is 22.3 Å². The molecule has 63 heavy (non-hydrogen) atoms. The second kappa shape index (κ2) is 25.4. The summed E-state index contributed by atoms with van der Waals surface area (Å²) >= 11 is 0. The van der Waals surface area contributed by atoms with Crippen LogP contribution in [0.1, 0.15) is 81.5 Å². The number of rotatable bonds is 18. The molecule has 2 heterocycles. The first-order chi connectivity index (χ1) is 30.4. The third kappa shape index (κ3) is 14.8. The molecule has 14 nitrogen and oxygen atoms in total. The zero-order valence-electron chi connectivity index (χ0n) is 36.5. The maximum Gasteiger partial charge on any atom is 0.307 e. The van der Waals surface area contributed by atoms with E-state index < -0.39 is 67.7 Å². The first kappa shape index (κ1) is 50.7. The molecule has 0 radical (unpaired) electrons. The van der Waals surface area contributed by atoms with Crippen molar-refractivity contribution in [2.45, 2.75) is 134 Å². The van der Waals surface area contributed by atoms with Gasteiger partial charge in [0.1, 0.15) is 29.8 Å². The highest BCUT2D eigenvalue weighted by molar-refractivity contribution is 5.76. The van der Waals surface area contributed by atoms with E-state index in [9.17, 15) is 45.3 Å². The quantitative estimate of drug-likeness (QED) is 0.0561. The van der Waals surface area contributed by atoms with Crippen LogP contribution < -0.4 is 9.47 Å². The standard InChI is InChI=1S/C46H54O13.C2H6.CH4O/c1-27-36(48)24-38(50)45(56-27)57-40-16-14-28(20-34(40)32-12-6-10-30(18-32)22-43(52)53)8-4-2-3-5-9-29-15-17-41(58-46-39(51)25-37(49)42(26-47)59-46)35(21-29)33-13-7-11-31(19-33)23-44(54)55;2*1-2/h6-7,10-21,27,36-39,42,45-51H,2-5,8-9,22-26H2,1H3,(H,52,53)(H,54,55);1-2H3;2H,1H3/t27-,36?,37?,38+,39+,42-,45-,46?;;/m1../s1. The number of hydrogen-bond donors (Lipinski definition) is 8. The fourth-order valence-electron chi connectivity index (χ4n) is 7.62. The molecule has 8 N–H and O–H groups in total. The summed E-state index contributed by atoms with van der Waals surface area (Å²) in [5.41, 5.74) is 6.35. The van der Waals surface area contributed by atoms with Crippen molar-refractivity contribution in [3.63, 3.8) is 0 Å². The topological polar surface area (TPSA) is 233 Å². The van der Waals surface area contributed by atoms with Crippen molar-refractivity contribution in [3.8, 4) is 33.8 Å². The van der Waals surface area contributed by atoms with Crippen LogP contribution in [0.2, 0.25) is 0 Å². The van der Waals surface area contributed by atoms with Crippen molar-refractivity contribution in [2.24, 2.45) is 0 Å². The van der Waals surface area contributed by atoms with E-state index in [2.05, 4.69) is 0 Å². The van der Waals surface area contributed by atoms with Gasteiger partial charge >= 0.3 is 11.9 Å². The summed E-state index contributed by atoms with van der Waals surface area (Å²) in [6.45, 7) is 5.29. The molecule has 8 atom stereocenters. The number of carbonyl (C=O) groups is 2. The third-order valence-corrected chi connectivity index (χ3v) is 10.8. The lowest BCUT2D eigenvalue weighted by Gasteiger charge is -2.36. The maximum atomic E-state index is 11.5. The van der Waals surface area contributed by atoms with E-state index in [-0.39, 0.29) is 25.7 Å². The van der Waals surface area contributed by atoms with Gasteiger partial charge in [0.25, 0.3) is 0 Å². The Morgan fingerprint density at radius 3 is 1.48 bits per heavy atom. The second-order valence-electron chi connectivity index (χ2n) is 15.5. The van der Waals surface area contributed by atoms with Gasteiger partial charge in [-0.25, -0.2) is 0 Å². The van der Waals surface area contributed by atoms with Crippen LogP contribution in [-0.4, -0.2) is 116 Å². The van der Waals surface area contributed by atoms with Gasteiger partial charge in [0.2, 0.25) is 12.6 Å². The van der Waals surface area contributed by atoms with Gasteiger partial charge < -0.3 is 59.8 Å². The van der Waals surface area contributed by atoms with Crippen molar-refractivity contribution in [1.29, 1.82) is 0 Å². The predicted molar refractivity (Wildman–Crippen MR) is 236 cm³/mol. The van der Waals surface area contributed by atoms with Gasteiger partial charge in [-0.3, -0.25) is 9.59 Å². The molecule has 4 aromatic rings. The first-order valence-electron chi connectivity index (χ1n) is 21.7. The summed E-state index contributed by atoms with van der Waals surface area (Å²) in [5.74, 6) is -0.984. The zero-order valence-corrected chi connectivity index (χ0v) is 36.5. The fourth-order valence-corrected chi connectivity index (χ4v) is 7.62. The average Bonchev–Trinajstić information content (AvgIpc) is 3.26. The Hall–Kier alpha value is -4.90. The molecule has 0 spiro atoms. The number of aliphatic hydroxyl groups excluding tert-OH is 6. The number of ether oxygens (including phenoxy) is 4. The van der Waals surface area contributed by atoms with Crippen LogP contribution in [-0.2, 0) is 44.7 Å². The lowest BCUT2D eigenvalue weighted by atomic mass is 9.96. The van der Waals surface area contributed by atoms with Crippen molar-refractivity contribution >= 4 is 11.9 Å². The van der Waals surface area contributed by atoms with Crippen LogP contribution in [0.15, 0.2) is 84.9 Å². The van der Waals surface area contributed by atoms with E-state index in [1.165, 1.54) is 0 Å². The van der Waals surface area contributed by atoms with Gasteiger partial charge in [0.05, 0.1) is 37.8 Å². The van der Waals surface area contributed by atoms with Crippen molar-refractivity contribution in [3.05, 3.63) is 107 Å². The normalized spacial score (nSPS) is 23.0. The number of unbranched alkanes of at least 4 members (excludes halogenated alkanes) is 3. The molecule has 0 amide bonds. The Labute approximate surface area is 369 Å². The molecule has 3 unspecified atom stereocenters. The predicted octanol–water partition coefficient (Wildman–Crippen LogP) is 5.70. The molecule has 4 aromatic carbocycles. The minimum atomic E-state index is -1.13. The van der Waals surface area contributed by atoms with Crippen molar-refractivity contribution in [2.75, 3.05) is 13.7 Å². The number of benzene rings is 4. The summed E-state index contributed by atoms with van der Waals surface area (Å²) in [7, 11) is 1.00. The van der Waals surface area contributed by atoms with Gasteiger partial charge in [-0.05, 0) is 90.3 Å². The molecular formula is C49H64O14. The highest BCUT2D eigenvalue weighted by atomic mass is 16.7. The summed E-state index contributed by atoms with van der Waals surface area (Å²) < 4.78 is 23.8. The van der Waals surface area contributed by atoms with E-state index in [1.54, 1.807) is 37.3 Å². The first-order valence-corrected chi connectivity index (χ1v) is 21.7. The molecule has 6 rings (SSSR count). The molecule has 344 valence electrons. The Kier molecular flexibility index (Phi) is 20.5. The Morgan fingerprint density at radius 2 is 1.03 bits per heavy atom. The average molecular weight is 877 g/mol. The summed E-state index contributed by atoms with van der Waals surface area (Å²) in [5, 5.41) is 77.0. The van der Waals surface area contributed by atoms with Gasteiger partial charge in [-0.1, -0.05) is 87.4 Å². The van der Waals surface area contributed by atoms with Crippen LogP contribution in [0.5, 0.6) is 11.5 Å². The SMILES string of the molecule is CC.CO.C[C@H]1O[C@H](Oc2ccc(CCCCCCc3ccc(OC4O[C@H](CO)C(O)C[C@@H]4O)c(-c4cccc(CC(=O)O)c4)c3)cc2-c2cccc(CC(=O)O)c2)[C@@H](O)CC1O. The van der Waals surface area contributed by atoms with Crippen molar-refractivity contribution < 1.29 is 69.4 Å². The van der Waals surface area contributed by atoms with Gasteiger partial charge in [-0.15, -0.1) is 0 Å². The van der Waals surface area contributed by atoms with E-state index in [4.69, 9.17) is 24.1 Å². The van der Waals surface area contributed by atoms with Crippen molar-refractivity contribution in [1.82, 2.24) is 0 Å². The van der Waals surface area contributed by atoms with Crippen LogP contribution >= 0.6 is 0 Å². The molecular weight excluding hydrogens is 813 g/mol.